The molecule has 5 nitrogen and oxygen atoms in total. The van der Waals surface area contributed by atoms with Crippen LogP contribution in [0, 0.1) is 5.92 Å². The molecular weight excluding hydrogens is 292 g/mol. The van der Waals surface area contributed by atoms with Gasteiger partial charge >= 0.3 is 5.97 Å². The topological polar surface area (TPSA) is 75.4 Å². The van der Waals surface area contributed by atoms with Crippen LogP contribution in [0.1, 0.15) is 56.9 Å². The number of rotatable bonds is 7. The number of fused-ring (bicyclic) bond motifs is 1. The van der Waals surface area contributed by atoms with Crippen LogP contribution >= 0.6 is 0 Å². The van der Waals surface area contributed by atoms with Crippen molar-refractivity contribution in [3.05, 3.63) is 30.2 Å². The molecule has 1 fully saturated rings. The van der Waals surface area contributed by atoms with Gasteiger partial charge in [0.2, 0.25) is 5.89 Å². The Morgan fingerprint density at radius 2 is 2.17 bits per heavy atom. The van der Waals surface area contributed by atoms with Gasteiger partial charge in [-0.05, 0) is 43.9 Å². The van der Waals surface area contributed by atoms with Crippen LogP contribution in [0.25, 0.3) is 11.1 Å². The monoisotopic (exact) mass is 316 g/mol. The third kappa shape index (κ3) is 4.32. The molecule has 5 heteroatoms. The number of hydrogen-bond acceptors (Lipinski definition) is 4. The molecule has 0 amide bonds. The summed E-state index contributed by atoms with van der Waals surface area (Å²) in [5.41, 5.74) is 1.76. The molecule has 124 valence electrons. The van der Waals surface area contributed by atoms with E-state index in [1.54, 1.807) is 0 Å². The molecule has 1 aliphatic rings. The minimum Gasteiger partial charge on any atom is -0.481 e. The summed E-state index contributed by atoms with van der Waals surface area (Å²) < 4.78 is 5.89. The first-order valence-electron chi connectivity index (χ1n) is 8.53. The van der Waals surface area contributed by atoms with Crippen molar-refractivity contribution in [1.29, 1.82) is 0 Å². The molecule has 0 saturated carbocycles. The molecule has 2 aromatic rings. The van der Waals surface area contributed by atoms with Gasteiger partial charge in [0.05, 0.1) is 6.04 Å². The van der Waals surface area contributed by atoms with Gasteiger partial charge in [-0.15, -0.1) is 0 Å². The molecule has 1 aromatic carbocycles. The number of benzene rings is 1. The van der Waals surface area contributed by atoms with Crippen LogP contribution in [0.5, 0.6) is 0 Å². The molecule has 0 bridgehead atoms. The zero-order valence-electron chi connectivity index (χ0n) is 13.3. The lowest BCUT2D eigenvalue weighted by Gasteiger charge is -2.28. The number of carbonyl (C=O) groups is 1. The maximum Gasteiger partial charge on any atom is 0.303 e. The number of aliphatic carboxylic acids is 1. The molecule has 0 aliphatic carbocycles. The van der Waals surface area contributed by atoms with E-state index in [1.165, 1.54) is 6.42 Å². The normalized spacial score (nSPS) is 21.6. The molecule has 2 heterocycles. The third-order valence-electron chi connectivity index (χ3n) is 4.62. The SMILES string of the molecule is O=C(O)CCCCCC1CCNC(c2nc3ccccc3o2)C1. The van der Waals surface area contributed by atoms with E-state index in [0.717, 1.165) is 55.6 Å². The maximum atomic E-state index is 10.5. The first-order chi connectivity index (χ1) is 11.2. The fourth-order valence-electron chi connectivity index (χ4n) is 3.37. The van der Waals surface area contributed by atoms with Crippen molar-refractivity contribution in [3.8, 4) is 0 Å². The van der Waals surface area contributed by atoms with Crippen molar-refractivity contribution in [2.75, 3.05) is 6.54 Å². The minimum atomic E-state index is -0.692. The zero-order valence-corrected chi connectivity index (χ0v) is 13.3. The van der Waals surface area contributed by atoms with Crippen LogP contribution in [0.3, 0.4) is 0 Å². The Balaban J connectivity index is 1.50. The second-order valence-corrected chi connectivity index (χ2v) is 6.41. The molecule has 2 atom stereocenters. The van der Waals surface area contributed by atoms with Gasteiger partial charge in [-0.1, -0.05) is 31.4 Å². The maximum absolute atomic E-state index is 10.5. The number of nitrogens with one attached hydrogen (secondary N) is 1. The highest BCUT2D eigenvalue weighted by Gasteiger charge is 2.26. The highest BCUT2D eigenvalue weighted by Crippen LogP contribution is 2.31. The average molecular weight is 316 g/mol. The Bertz CT molecular complexity index is 620. The summed E-state index contributed by atoms with van der Waals surface area (Å²) in [6, 6.07) is 8.06. The van der Waals surface area contributed by atoms with Crippen LogP contribution in [0.2, 0.25) is 0 Å². The van der Waals surface area contributed by atoms with E-state index in [9.17, 15) is 4.79 Å². The number of nitrogens with zero attached hydrogens (tertiary/aromatic N) is 1. The molecule has 2 N–H and O–H groups in total. The fourth-order valence-corrected chi connectivity index (χ4v) is 3.37. The summed E-state index contributed by atoms with van der Waals surface area (Å²) in [6.45, 7) is 0.989. The van der Waals surface area contributed by atoms with Gasteiger partial charge in [0.15, 0.2) is 5.58 Å². The van der Waals surface area contributed by atoms with Crippen molar-refractivity contribution < 1.29 is 14.3 Å². The third-order valence-corrected chi connectivity index (χ3v) is 4.62. The predicted molar refractivity (Wildman–Crippen MR) is 88.2 cm³/mol. The molecule has 1 saturated heterocycles. The Morgan fingerprint density at radius 3 is 3.00 bits per heavy atom. The van der Waals surface area contributed by atoms with Crippen LogP contribution in [0.4, 0.5) is 0 Å². The van der Waals surface area contributed by atoms with Gasteiger partial charge in [-0.25, -0.2) is 4.98 Å². The van der Waals surface area contributed by atoms with E-state index >= 15 is 0 Å². The lowest BCUT2D eigenvalue weighted by Crippen LogP contribution is -2.32. The number of aromatic nitrogens is 1. The van der Waals surface area contributed by atoms with Gasteiger partial charge in [0.1, 0.15) is 5.52 Å². The molecule has 0 radical (unpaired) electrons. The van der Waals surface area contributed by atoms with Crippen LogP contribution in [0.15, 0.2) is 28.7 Å². The van der Waals surface area contributed by atoms with E-state index in [2.05, 4.69) is 10.3 Å². The summed E-state index contributed by atoms with van der Waals surface area (Å²) in [7, 11) is 0. The minimum absolute atomic E-state index is 0.195. The summed E-state index contributed by atoms with van der Waals surface area (Å²) in [5, 5.41) is 12.2. The van der Waals surface area contributed by atoms with Crippen molar-refractivity contribution in [1.82, 2.24) is 10.3 Å². The van der Waals surface area contributed by atoms with E-state index in [1.807, 2.05) is 24.3 Å². The first-order valence-corrected chi connectivity index (χ1v) is 8.53. The predicted octanol–water partition coefficient (Wildman–Crippen LogP) is 3.90. The standard InChI is InChI=1S/C18H24N2O3/c21-17(22)9-3-1-2-6-13-10-11-19-15(12-13)18-20-14-7-4-5-8-16(14)23-18/h4-5,7-8,13,15,19H,1-3,6,9-12H2,(H,21,22). The lowest BCUT2D eigenvalue weighted by atomic mass is 9.88. The number of unbranched alkanes of at least 4 members (excludes halogenated alkanes) is 2. The van der Waals surface area contributed by atoms with E-state index in [0.29, 0.717) is 5.92 Å². The largest absolute Gasteiger partial charge is 0.481 e. The quantitative estimate of drug-likeness (QED) is 0.758. The zero-order chi connectivity index (χ0) is 16.1. The van der Waals surface area contributed by atoms with Gasteiger partial charge in [-0.3, -0.25) is 4.79 Å². The summed E-state index contributed by atoms with van der Waals surface area (Å²) in [5.74, 6) is 0.769. The summed E-state index contributed by atoms with van der Waals surface area (Å²) >= 11 is 0. The van der Waals surface area contributed by atoms with Crippen molar-refractivity contribution in [2.24, 2.45) is 5.92 Å². The Hall–Kier alpha value is -1.88. The molecule has 23 heavy (non-hydrogen) atoms. The second kappa shape index (κ2) is 7.59. The highest BCUT2D eigenvalue weighted by molar-refractivity contribution is 5.72. The molecule has 3 rings (SSSR count). The van der Waals surface area contributed by atoms with Gasteiger partial charge in [0, 0.05) is 6.42 Å². The Labute approximate surface area is 136 Å². The van der Waals surface area contributed by atoms with Gasteiger partial charge in [-0.2, -0.15) is 0 Å². The van der Waals surface area contributed by atoms with Gasteiger partial charge < -0.3 is 14.8 Å². The number of hydrogen-bond donors (Lipinski definition) is 2. The van der Waals surface area contributed by atoms with E-state index < -0.39 is 5.97 Å². The number of para-hydroxylation sites is 2. The van der Waals surface area contributed by atoms with Crippen molar-refractivity contribution in [2.45, 2.75) is 51.0 Å². The Kier molecular flexibility index (Phi) is 5.28. The van der Waals surface area contributed by atoms with E-state index in [-0.39, 0.29) is 12.5 Å². The van der Waals surface area contributed by atoms with Crippen LogP contribution < -0.4 is 5.32 Å². The fraction of sp³-hybridized carbons (Fsp3) is 0.556. The average Bonchev–Trinajstić information content (AvgIpc) is 2.99. The molecule has 1 aromatic heterocycles. The lowest BCUT2D eigenvalue weighted by molar-refractivity contribution is -0.137. The number of piperidine rings is 1. The van der Waals surface area contributed by atoms with E-state index in [4.69, 9.17) is 9.52 Å². The van der Waals surface area contributed by atoms with Crippen LogP contribution in [-0.4, -0.2) is 22.6 Å². The molecular formula is C18H24N2O3. The second-order valence-electron chi connectivity index (χ2n) is 6.41. The molecule has 1 aliphatic heterocycles. The van der Waals surface area contributed by atoms with Crippen molar-refractivity contribution in [3.63, 3.8) is 0 Å². The van der Waals surface area contributed by atoms with Crippen molar-refractivity contribution >= 4 is 17.1 Å². The van der Waals surface area contributed by atoms with Gasteiger partial charge in [0.25, 0.3) is 0 Å². The first kappa shape index (κ1) is 16.0. The smallest absolute Gasteiger partial charge is 0.303 e. The number of carboxylic acid groups (broad SMARTS) is 1. The molecule has 2 unspecified atom stereocenters. The summed E-state index contributed by atoms with van der Waals surface area (Å²) in [6.07, 6.45) is 6.58. The number of oxazole rings is 1. The Morgan fingerprint density at radius 1 is 1.30 bits per heavy atom. The highest BCUT2D eigenvalue weighted by atomic mass is 16.4. The molecule has 0 spiro atoms. The van der Waals surface area contributed by atoms with Crippen LogP contribution in [-0.2, 0) is 4.79 Å². The number of carboxylic acids is 1. The summed E-state index contributed by atoms with van der Waals surface area (Å²) in [4.78, 5) is 15.1.